The second-order valence-electron chi connectivity index (χ2n) is 5.14. The van der Waals surface area contributed by atoms with Gasteiger partial charge >= 0.3 is 0 Å². The van der Waals surface area contributed by atoms with Gasteiger partial charge < -0.3 is 0 Å². The summed E-state index contributed by atoms with van der Waals surface area (Å²) in [5.41, 5.74) is 1.42. The van der Waals surface area contributed by atoms with E-state index in [4.69, 9.17) is 11.6 Å². The molecule has 2 rings (SSSR count). The molecule has 0 spiro atoms. The van der Waals surface area contributed by atoms with Gasteiger partial charge in [-0.05, 0) is 36.0 Å². The average molecular weight is 316 g/mol. The summed E-state index contributed by atoms with van der Waals surface area (Å²) < 4.78 is 0. The third kappa shape index (κ3) is 3.99. The quantitative estimate of drug-likeness (QED) is 0.646. The fourth-order valence-electron chi connectivity index (χ4n) is 2.88. The number of benzene rings is 1. The molecule has 0 radical (unpaired) electrons. The van der Waals surface area contributed by atoms with Crippen LogP contribution in [0.25, 0.3) is 0 Å². The summed E-state index contributed by atoms with van der Waals surface area (Å²) in [5, 5.41) is 1.96. The second-order valence-corrected chi connectivity index (χ2v) is 6.23. The minimum absolute atomic E-state index is 0.788. The number of halogens is 2. The fourth-order valence-corrected chi connectivity index (χ4v) is 3.76. The standard InChI is InChI=1S/C15H20BrCl/c16-11-14(13-4-2-1-3-5-13)10-12-6-8-15(17)9-7-12/h6-9,13-14H,1-5,10-11H2. The molecule has 0 aromatic heterocycles. The van der Waals surface area contributed by atoms with E-state index >= 15 is 0 Å². The van der Waals surface area contributed by atoms with Crippen LogP contribution in [0.3, 0.4) is 0 Å². The van der Waals surface area contributed by atoms with Crippen LogP contribution in [-0.4, -0.2) is 5.33 Å². The minimum atomic E-state index is 0.788. The number of alkyl halides is 1. The summed E-state index contributed by atoms with van der Waals surface area (Å²) in [6, 6.07) is 8.34. The lowest BCUT2D eigenvalue weighted by Crippen LogP contribution is -2.21. The molecular weight excluding hydrogens is 296 g/mol. The molecule has 0 heterocycles. The van der Waals surface area contributed by atoms with E-state index in [-0.39, 0.29) is 0 Å². The third-order valence-corrected chi connectivity index (χ3v) is 5.01. The van der Waals surface area contributed by atoms with E-state index in [1.165, 1.54) is 44.1 Å². The van der Waals surface area contributed by atoms with Crippen LogP contribution >= 0.6 is 27.5 Å². The Labute approximate surface area is 118 Å². The van der Waals surface area contributed by atoms with Crippen LogP contribution in [0.2, 0.25) is 5.02 Å². The van der Waals surface area contributed by atoms with Crippen molar-refractivity contribution in [3.05, 3.63) is 34.9 Å². The summed E-state index contributed by atoms with van der Waals surface area (Å²) in [6.07, 6.45) is 8.32. The molecule has 1 aliphatic carbocycles. The monoisotopic (exact) mass is 314 g/mol. The average Bonchev–Trinajstić information content (AvgIpc) is 2.39. The topological polar surface area (TPSA) is 0 Å². The molecule has 1 aromatic carbocycles. The zero-order chi connectivity index (χ0) is 12.1. The van der Waals surface area contributed by atoms with Crippen LogP contribution in [0.4, 0.5) is 0 Å². The first-order chi connectivity index (χ1) is 8.29. The Morgan fingerprint density at radius 2 is 1.76 bits per heavy atom. The molecule has 94 valence electrons. The van der Waals surface area contributed by atoms with Crippen LogP contribution < -0.4 is 0 Å². The fraction of sp³-hybridized carbons (Fsp3) is 0.600. The molecular formula is C15H20BrCl. The molecule has 0 amide bonds. The van der Waals surface area contributed by atoms with Gasteiger partial charge in [-0.2, -0.15) is 0 Å². The molecule has 0 bridgehead atoms. The lowest BCUT2D eigenvalue weighted by molar-refractivity contribution is 0.267. The predicted molar refractivity (Wildman–Crippen MR) is 79.0 cm³/mol. The lowest BCUT2D eigenvalue weighted by Gasteiger charge is -2.29. The number of hydrogen-bond acceptors (Lipinski definition) is 0. The zero-order valence-corrected chi connectivity index (χ0v) is 12.5. The van der Waals surface area contributed by atoms with E-state index in [1.54, 1.807) is 0 Å². The van der Waals surface area contributed by atoms with Gasteiger partial charge in [0, 0.05) is 10.4 Å². The molecule has 1 unspecified atom stereocenters. The second kappa shape index (κ2) is 6.80. The first kappa shape index (κ1) is 13.4. The van der Waals surface area contributed by atoms with Crippen molar-refractivity contribution in [1.29, 1.82) is 0 Å². The Balaban J connectivity index is 1.96. The highest BCUT2D eigenvalue weighted by Gasteiger charge is 2.22. The zero-order valence-electron chi connectivity index (χ0n) is 10.2. The molecule has 1 aromatic rings. The molecule has 1 fully saturated rings. The largest absolute Gasteiger partial charge is 0.0925 e. The molecule has 0 aliphatic heterocycles. The SMILES string of the molecule is Clc1ccc(CC(CBr)C2CCCCC2)cc1. The maximum absolute atomic E-state index is 5.92. The summed E-state index contributed by atoms with van der Waals surface area (Å²) in [5.74, 6) is 1.70. The number of rotatable bonds is 4. The van der Waals surface area contributed by atoms with Crippen molar-refractivity contribution < 1.29 is 0 Å². The highest BCUT2D eigenvalue weighted by atomic mass is 79.9. The Kier molecular flexibility index (Phi) is 5.37. The maximum atomic E-state index is 5.92. The molecule has 0 saturated heterocycles. The van der Waals surface area contributed by atoms with Crippen molar-refractivity contribution in [2.24, 2.45) is 11.8 Å². The van der Waals surface area contributed by atoms with Gasteiger partial charge in [-0.3, -0.25) is 0 Å². The summed E-state index contributed by atoms with van der Waals surface area (Å²) in [6.45, 7) is 0. The van der Waals surface area contributed by atoms with Crippen molar-refractivity contribution in [2.75, 3.05) is 5.33 Å². The maximum Gasteiger partial charge on any atom is 0.0406 e. The molecule has 1 saturated carbocycles. The Morgan fingerprint density at radius 3 is 2.35 bits per heavy atom. The molecule has 1 atom stereocenters. The van der Waals surface area contributed by atoms with Gasteiger partial charge in [-0.25, -0.2) is 0 Å². The van der Waals surface area contributed by atoms with E-state index in [2.05, 4.69) is 28.1 Å². The number of hydrogen-bond donors (Lipinski definition) is 0. The van der Waals surface area contributed by atoms with E-state index in [0.29, 0.717) is 0 Å². The molecule has 0 N–H and O–H groups in total. The van der Waals surface area contributed by atoms with Crippen LogP contribution in [0.1, 0.15) is 37.7 Å². The van der Waals surface area contributed by atoms with Crippen LogP contribution in [0, 0.1) is 11.8 Å². The summed E-state index contributed by atoms with van der Waals surface area (Å²) >= 11 is 9.62. The first-order valence-corrected chi connectivity index (χ1v) is 8.10. The van der Waals surface area contributed by atoms with Gasteiger partial charge in [0.25, 0.3) is 0 Å². The van der Waals surface area contributed by atoms with Gasteiger partial charge in [-0.15, -0.1) is 0 Å². The third-order valence-electron chi connectivity index (χ3n) is 3.93. The van der Waals surface area contributed by atoms with Crippen molar-refractivity contribution in [3.63, 3.8) is 0 Å². The van der Waals surface area contributed by atoms with Crippen molar-refractivity contribution in [3.8, 4) is 0 Å². The smallest absolute Gasteiger partial charge is 0.0406 e. The predicted octanol–water partition coefficient (Wildman–Crippen LogP) is 5.47. The van der Waals surface area contributed by atoms with Crippen LogP contribution in [-0.2, 0) is 6.42 Å². The van der Waals surface area contributed by atoms with E-state index in [1.807, 2.05) is 12.1 Å². The van der Waals surface area contributed by atoms with E-state index in [9.17, 15) is 0 Å². The van der Waals surface area contributed by atoms with Gasteiger partial charge in [0.1, 0.15) is 0 Å². The Hall–Kier alpha value is -0.0100. The molecule has 1 aliphatic rings. The minimum Gasteiger partial charge on any atom is -0.0925 e. The summed E-state index contributed by atoms with van der Waals surface area (Å²) in [7, 11) is 0. The van der Waals surface area contributed by atoms with Gasteiger partial charge in [-0.1, -0.05) is 71.8 Å². The summed E-state index contributed by atoms with van der Waals surface area (Å²) in [4.78, 5) is 0. The van der Waals surface area contributed by atoms with E-state index < -0.39 is 0 Å². The normalized spacial score (nSPS) is 19.2. The highest BCUT2D eigenvalue weighted by Crippen LogP contribution is 2.33. The highest BCUT2D eigenvalue weighted by molar-refractivity contribution is 9.09. The molecule has 0 nitrogen and oxygen atoms in total. The van der Waals surface area contributed by atoms with Crippen molar-refractivity contribution in [2.45, 2.75) is 38.5 Å². The van der Waals surface area contributed by atoms with Crippen LogP contribution in [0.15, 0.2) is 24.3 Å². The Morgan fingerprint density at radius 1 is 1.12 bits per heavy atom. The lowest BCUT2D eigenvalue weighted by atomic mass is 9.78. The molecule has 17 heavy (non-hydrogen) atoms. The van der Waals surface area contributed by atoms with Crippen molar-refractivity contribution in [1.82, 2.24) is 0 Å². The van der Waals surface area contributed by atoms with Gasteiger partial charge in [0.15, 0.2) is 0 Å². The molecule has 2 heteroatoms. The van der Waals surface area contributed by atoms with Gasteiger partial charge in [0.05, 0.1) is 0 Å². The Bertz CT molecular complexity index is 327. The van der Waals surface area contributed by atoms with Crippen LogP contribution in [0.5, 0.6) is 0 Å². The van der Waals surface area contributed by atoms with Crippen molar-refractivity contribution >= 4 is 27.5 Å². The first-order valence-electron chi connectivity index (χ1n) is 6.60. The van der Waals surface area contributed by atoms with E-state index in [0.717, 1.165) is 22.2 Å². The van der Waals surface area contributed by atoms with Gasteiger partial charge in [0.2, 0.25) is 0 Å².